The Labute approximate surface area is 196 Å². The molecular weight excluding hydrogens is 446 g/mol. The standard InChI is InChI=1S/C25H24ClNO4S/c1-17(30-16-18-8-4-3-5-9-18)31-23-14-19-15-27(13-12-22(19)32-23)24(25(28)29-2)20-10-6-7-11-21(20)26/h3-11,14,24H,1,12-13,15-16H2,2H3. The second kappa shape index (κ2) is 10.2. The molecule has 0 N–H and O–H groups in total. The number of esters is 1. The van der Waals surface area contributed by atoms with Crippen molar-refractivity contribution in [1.29, 1.82) is 0 Å². The molecule has 1 atom stereocenters. The minimum absolute atomic E-state index is 0.257. The van der Waals surface area contributed by atoms with Gasteiger partial charge in [0.05, 0.1) is 7.11 Å². The van der Waals surface area contributed by atoms with Crippen LogP contribution in [-0.2, 0) is 33.8 Å². The first-order valence-electron chi connectivity index (χ1n) is 10.3. The van der Waals surface area contributed by atoms with E-state index in [1.54, 1.807) is 17.4 Å². The highest BCUT2D eigenvalue weighted by Gasteiger charge is 2.33. The molecule has 2 aromatic carbocycles. The summed E-state index contributed by atoms with van der Waals surface area (Å²) in [6, 6.07) is 18.7. The Kier molecular flexibility index (Phi) is 7.15. The van der Waals surface area contributed by atoms with Crippen LogP contribution < -0.4 is 4.74 Å². The average Bonchev–Trinajstić information content (AvgIpc) is 3.21. The number of carbonyl (C=O) groups is 1. The highest BCUT2D eigenvalue weighted by molar-refractivity contribution is 7.14. The third kappa shape index (κ3) is 5.15. The van der Waals surface area contributed by atoms with E-state index >= 15 is 0 Å². The summed E-state index contributed by atoms with van der Waals surface area (Å²) in [5, 5.41) is 1.28. The Morgan fingerprint density at radius 3 is 2.69 bits per heavy atom. The summed E-state index contributed by atoms with van der Waals surface area (Å²) in [7, 11) is 1.40. The molecule has 7 heteroatoms. The maximum atomic E-state index is 12.6. The normalized spacial score (nSPS) is 14.3. The first-order valence-corrected chi connectivity index (χ1v) is 11.5. The summed E-state index contributed by atoms with van der Waals surface area (Å²) in [4.78, 5) is 16.0. The van der Waals surface area contributed by atoms with Gasteiger partial charge in [-0.05, 0) is 41.8 Å². The quantitative estimate of drug-likeness (QED) is 0.311. The van der Waals surface area contributed by atoms with E-state index < -0.39 is 6.04 Å². The van der Waals surface area contributed by atoms with Gasteiger partial charge in [-0.1, -0.05) is 60.1 Å². The van der Waals surface area contributed by atoms with Crippen molar-refractivity contribution < 1.29 is 19.0 Å². The van der Waals surface area contributed by atoms with Crippen molar-refractivity contribution in [3.8, 4) is 5.06 Å². The third-order valence-corrected chi connectivity index (χ3v) is 6.78. The molecule has 0 aliphatic carbocycles. The van der Waals surface area contributed by atoms with Gasteiger partial charge in [0.1, 0.15) is 12.6 Å². The van der Waals surface area contributed by atoms with E-state index in [2.05, 4.69) is 11.5 Å². The zero-order valence-electron chi connectivity index (χ0n) is 17.8. The fourth-order valence-electron chi connectivity index (χ4n) is 3.76. The van der Waals surface area contributed by atoms with Gasteiger partial charge in [-0.3, -0.25) is 4.90 Å². The van der Waals surface area contributed by atoms with Crippen LogP contribution in [0.25, 0.3) is 0 Å². The maximum Gasteiger partial charge on any atom is 0.327 e. The molecule has 0 saturated heterocycles. The summed E-state index contributed by atoms with van der Waals surface area (Å²) < 4.78 is 16.6. The van der Waals surface area contributed by atoms with Crippen LogP contribution in [0.15, 0.2) is 73.2 Å². The second-order valence-electron chi connectivity index (χ2n) is 7.43. The van der Waals surface area contributed by atoms with Crippen LogP contribution in [0.4, 0.5) is 0 Å². The van der Waals surface area contributed by atoms with Crippen molar-refractivity contribution >= 4 is 28.9 Å². The van der Waals surface area contributed by atoms with Crippen LogP contribution in [0.3, 0.4) is 0 Å². The average molecular weight is 470 g/mol. The van der Waals surface area contributed by atoms with Crippen molar-refractivity contribution in [1.82, 2.24) is 4.90 Å². The van der Waals surface area contributed by atoms with Gasteiger partial charge in [0.25, 0.3) is 5.95 Å². The number of hydrogen-bond donors (Lipinski definition) is 0. The molecule has 3 aromatic rings. The summed E-state index contributed by atoms with van der Waals surface area (Å²) >= 11 is 7.98. The molecule has 0 fully saturated rings. The predicted molar refractivity (Wildman–Crippen MR) is 126 cm³/mol. The predicted octanol–water partition coefficient (Wildman–Crippen LogP) is 5.74. The lowest BCUT2D eigenvalue weighted by atomic mass is 10.0. The lowest BCUT2D eigenvalue weighted by molar-refractivity contribution is -0.147. The number of ether oxygens (including phenoxy) is 3. The Morgan fingerprint density at radius 2 is 1.94 bits per heavy atom. The minimum Gasteiger partial charge on any atom is -0.468 e. The van der Waals surface area contributed by atoms with Crippen molar-refractivity contribution in [3.63, 3.8) is 0 Å². The van der Waals surface area contributed by atoms with Crippen LogP contribution in [0, 0.1) is 0 Å². The number of hydrogen-bond acceptors (Lipinski definition) is 6. The van der Waals surface area contributed by atoms with E-state index in [0.717, 1.165) is 28.2 Å². The van der Waals surface area contributed by atoms with Gasteiger partial charge in [0, 0.05) is 23.0 Å². The molecule has 1 aliphatic heterocycles. The van der Waals surface area contributed by atoms with Gasteiger partial charge in [0.2, 0.25) is 0 Å². The SMILES string of the molecule is C=C(OCc1ccccc1)Oc1cc2c(s1)CCN(C(C(=O)OC)c1ccccc1Cl)C2. The van der Waals surface area contributed by atoms with E-state index in [4.69, 9.17) is 25.8 Å². The second-order valence-corrected chi connectivity index (χ2v) is 8.94. The van der Waals surface area contributed by atoms with Crippen molar-refractivity contribution in [2.24, 2.45) is 0 Å². The maximum absolute atomic E-state index is 12.6. The van der Waals surface area contributed by atoms with Gasteiger partial charge in [0.15, 0.2) is 5.06 Å². The van der Waals surface area contributed by atoms with E-state index in [1.165, 1.54) is 12.0 Å². The van der Waals surface area contributed by atoms with Crippen LogP contribution >= 0.6 is 22.9 Å². The lowest BCUT2D eigenvalue weighted by Crippen LogP contribution is -2.38. The molecule has 166 valence electrons. The molecule has 0 amide bonds. The third-order valence-electron chi connectivity index (χ3n) is 5.32. The molecule has 32 heavy (non-hydrogen) atoms. The topological polar surface area (TPSA) is 48.0 Å². The number of nitrogens with zero attached hydrogens (tertiary/aromatic N) is 1. The molecule has 0 spiro atoms. The number of fused-ring (bicyclic) bond motifs is 1. The van der Waals surface area contributed by atoms with Crippen molar-refractivity contribution in [2.45, 2.75) is 25.6 Å². The summed E-state index contributed by atoms with van der Waals surface area (Å²) in [5.41, 5.74) is 2.92. The van der Waals surface area contributed by atoms with Crippen LogP contribution in [0.1, 0.15) is 27.6 Å². The molecule has 1 unspecified atom stereocenters. The molecular formula is C25H24ClNO4S. The summed E-state index contributed by atoms with van der Waals surface area (Å²) in [6.07, 6.45) is 0.804. The smallest absolute Gasteiger partial charge is 0.327 e. The highest BCUT2D eigenvalue weighted by Crippen LogP contribution is 2.38. The Hall–Kier alpha value is -2.80. The number of benzene rings is 2. The van der Waals surface area contributed by atoms with E-state index in [9.17, 15) is 4.79 Å². The first kappa shape index (κ1) is 22.4. The van der Waals surface area contributed by atoms with Gasteiger partial charge < -0.3 is 14.2 Å². The molecule has 2 heterocycles. The number of halogens is 1. The zero-order valence-corrected chi connectivity index (χ0v) is 19.3. The molecule has 1 aromatic heterocycles. The van der Waals surface area contributed by atoms with Gasteiger partial charge in [-0.15, -0.1) is 11.3 Å². The largest absolute Gasteiger partial charge is 0.468 e. The van der Waals surface area contributed by atoms with Crippen LogP contribution in [0.5, 0.6) is 5.06 Å². The molecule has 4 rings (SSSR count). The molecule has 5 nitrogen and oxygen atoms in total. The summed E-state index contributed by atoms with van der Waals surface area (Å²) in [6.45, 7) is 5.58. The van der Waals surface area contributed by atoms with E-state index in [-0.39, 0.29) is 11.9 Å². The number of methoxy groups -OCH3 is 1. The van der Waals surface area contributed by atoms with Gasteiger partial charge in [-0.2, -0.15) is 0 Å². The van der Waals surface area contributed by atoms with Gasteiger partial charge >= 0.3 is 5.97 Å². The number of thiophene rings is 1. The van der Waals surface area contributed by atoms with Crippen LogP contribution in [-0.4, -0.2) is 24.5 Å². The molecule has 0 radical (unpaired) electrons. The minimum atomic E-state index is -0.560. The molecule has 1 aliphatic rings. The lowest BCUT2D eigenvalue weighted by Gasteiger charge is -2.33. The monoisotopic (exact) mass is 469 g/mol. The number of rotatable bonds is 8. The fourth-order valence-corrected chi connectivity index (χ4v) is 5.02. The molecule has 0 saturated carbocycles. The van der Waals surface area contributed by atoms with Crippen molar-refractivity contribution in [3.05, 3.63) is 99.8 Å². The van der Waals surface area contributed by atoms with E-state index in [1.807, 2.05) is 54.6 Å². The highest BCUT2D eigenvalue weighted by atomic mass is 35.5. The van der Waals surface area contributed by atoms with E-state index in [0.29, 0.717) is 24.7 Å². The Bertz CT molecular complexity index is 1100. The first-order chi connectivity index (χ1) is 15.5. The number of carbonyl (C=O) groups excluding carboxylic acids is 1. The zero-order chi connectivity index (χ0) is 22.5. The van der Waals surface area contributed by atoms with Crippen molar-refractivity contribution in [2.75, 3.05) is 13.7 Å². The van der Waals surface area contributed by atoms with Crippen LogP contribution in [0.2, 0.25) is 5.02 Å². The Morgan fingerprint density at radius 1 is 1.19 bits per heavy atom. The Balaban J connectivity index is 1.44. The fraction of sp³-hybridized carbons (Fsp3) is 0.240. The molecule has 0 bridgehead atoms. The summed E-state index contributed by atoms with van der Waals surface area (Å²) in [5.74, 6) is -0.0660. The van der Waals surface area contributed by atoms with Gasteiger partial charge in [-0.25, -0.2) is 4.79 Å².